The van der Waals surface area contributed by atoms with E-state index in [1.54, 1.807) is 0 Å². The van der Waals surface area contributed by atoms with Crippen LogP contribution in [0.25, 0.3) is 0 Å². The average molecular weight is 198 g/mol. The molecule has 0 saturated heterocycles. The molecule has 4 aliphatic rings. The van der Waals surface area contributed by atoms with Crippen LogP contribution in [0.3, 0.4) is 0 Å². The lowest BCUT2D eigenvalue weighted by Gasteiger charge is -2.49. The second-order valence-electron chi connectivity index (χ2n) is 5.31. The van der Waals surface area contributed by atoms with Crippen LogP contribution in [0.5, 0.6) is 0 Å². The van der Waals surface area contributed by atoms with Gasteiger partial charge in [0.25, 0.3) is 0 Å². The van der Waals surface area contributed by atoms with Crippen molar-refractivity contribution in [3.8, 4) is 0 Å². The van der Waals surface area contributed by atoms with Crippen LogP contribution in [0.2, 0.25) is 0 Å². The second kappa shape index (κ2) is 2.52. The van der Waals surface area contributed by atoms with Crippen LogP contribution < -0.4 is 0 Å². The molecule has 76 valence electrons. The Hall–Kier alpha value is -1.11. The highest BCUT2D eigenvalue weighted by Crippen LogP contribution is 2.61. The molecule has 1 nitrogen and oxygen atoms in total. The third-order valence-electron chi connectivity index (χ3n) is 4.57. The quantitative estimate of drug-likeness (QED) is 0.678. The van der Waals surface area contributed by atoms with E-state index in [2.05, 4.69) is 12.1 Å². The summed E-state index contributed by atoms with van der Waals surface area (Å²) in [7, 11) is 0. The normalized spacial score (nSPS) is 37.1. The molecule has 0 amide bonds. The Bertz CT molecular complexity index is 444. The first-order valence-electron chi connectivity index (χ1n) is 5.99. The van der Waals surface area contributed by atoms with E-state index in [1.165, 1.54) is 18.4 Å². The zero-order valence-electron chi connectivity index (χ0n) is 8.65. The van der Waals surface area contributed by atoms with E-state index in [0.29, 0.717) is 17.6 Å². The second-order valence-corrected chi connectivity index (χ2v) is 5.31. The van der Waals surface area contributed by atoms with Gasteiger partial charge in [0.2, 0.25) is 0 Å². The van der Waals surface area contributed by atoms with Crippen LogP contribution in [0.4, 0.5) is 0 Å². The molecule has 1 aromatic rings. The predicted octanol–water partition coefficient (Wildman–Crippen LogP) is 3.01. The molecule has 0 aliphatic heterocycles. The fraction of sp³-hybridized carbons (Fsp3) is 0.500. The van der Waals surface area contributed by atoms with Gasteiger partial charge in [0, 0.05) is 11.5 Å². The van der Waals surface area contributed by atoms with Gasteiger partial charge in [-0.1, -0.05) is 24.3 Å². The first-order chi connectivity index (χ1) is 7.36. The van der Waals surface area contributed by atoms with Gasteiger partial charge in [0.05, 0.1) is 0 Å². The monoisotopic (exact) mass is 198 g/mol. The molecule has 0 aromatic heterocycles. The molecule has 1 aromatic carbocycles. The summed E-state index contributed by atoms with van der Waals surface area (Å²) >= 11 is 0. The zero-order chi connectivity index (χ0) is 9.99. The largest absolute Gasteiger partial charge is 0.294 e. The number of benzene rings is 1. The number of rotatable bonds is 1. The maximum absolute atomic E-state index is 12.2. The summed E-state index contributed by atoms with van der Waals surface area (Å²) in [5.41, 5.74) is 2.37. The van der Waals surface area contributed by atoms with Crippen LogP contribution in [0.1, 0.15) is 41.1 Å². The van der Waals surface area contributed by atoms with Crippen molar-refractivity contribution in [1.82, 2.24) is 0 Å². The standard InChI is InChI=1S/C14H14O/c15-14-10-4-2-1-3-9(10)11-7-12(14)13(11)8-5-6-8/h1-4,8,11-13H,5-7H2. The molecule has 2 fully saturated rings. The van der Waals surface area contributed by atoms with Gasteiger partial charge in [-0.15, -0.1) is 0 Å². The highest BCUT2D eigenvalue weighted by atomic mass is 16.1. The molecule has 15 heavy (non-hydrogen) atoms. The lowest BCUT2D eigenvalue weighted by molar-refractivity contribution is 0.0538. The Morgan fingerprint density at radius 3 is 2.67 bits per heavy atom. The van der Waals surface area contributed by atoms with Gasteiger partial charge in [-0.05, 0) is 42.6 Å². The van der Waals surface area contributed by atoms with Gasteiger partial charge >= 0.3 is 0 Å². The van der Waals surface area contributed by atoms with Crippen molar-refractivity contribution in [2.75, 3.05) is 0 Å². The fourth-order valence-corrected chi connectivity index (χ4v) is 3.67. The molecule has 4 aliphatic carbocycles. The molecule has 0 spiro atoms. The first-order valence-corrected chi connectivity index (χ1v) is 5.99. The average Bonchev–Trinajstić information content (AvgIpc) is 3.01. The van der Waals surface area contributed by atoms with Gasteiger partial charge in [-0.25, -0.2) is 0 Å². The van der Waals surface area contributed by atoms with E-state index in [9.17, 15) is 4.79 Å². The third-order valence-corrected chi connectivity index (χ3v) is 4.57. The molecule has 0 N–H and O–H groups in total. The number of carbonyl (C=O) groups is 1. The van der Waals surface area contributed by atoms with E-state index in [-0.39, 0.29) is 0 Å². The van der Waals surface area contributed by atoms with Crippen molar-refractivity contribution in [3.63, 3.8) is 0 Å². The van der Waals surface area contributed by atoms with Gasteiger partial charge in [0.15, 0.2) is 5.78 Å². The maximum Gasteiger partial charge on any atom is 0.166 e. The molecular weight excluding hydrogens is 184 g/mol. The van der Waals surface area contributed by atoms with Gasteiger partial charge in [-0.3, -0.25) is 4.79 Å². The minimum atomic E-state index is 0.386. The van der Waals surface area contributed by atoms with Crippen LogP contribution in [0, 0.1) is 17.8 Å². The number of carbonyl (C=O) groups excluding carboxylic acids is 1. The highest BCUT2D eigenvalue weighted by Gasteiger charge is 2.56. The maximum atomic E-state index is 12.2. The molecule has 3 unspecified atom stereocenters. The number of hydrogen-bond donors (Lipinski definition) is 0. The Labute approximate surface area is 89.5 Å². The molecule has 0 radical (unpaired) electrons. The van der Waals surface area contributed by atoms with Crippen LogP contribution in [0.15, 0.2) is 24.3 Å². The van der Waals surface area contributed by atoms with Gasteiger partial charge in [-0.2, -0.15) is 0 Å². The molecular formula is C14H14O. The summed E-state index contributed by atoms with van der Waals surface area (Å²) in [5, 5.41) is 0. The molecule has 2 bridgehead atoms. The first kappa shape index (κ1) is 8.09. The minimum absolute atomic E-state index is 0.386. The fourth-order valence-electron chi connectivity index (χ4n) is 3.67. The lowest BCUT2D eigenvalue weighted by atomic mass is 9.53. The van der Waals surface area contributed by atoms with Gasteiger partial charge in [0.1, 0.15) is 0 Å². The molecule has 5 rings (SSSR count). The van der Waals surface area contributed by atoms with E-state index in [4.69, 9.17) is 0 Å². The van der Waals surface area contributed by atoms with Crippen LogP contribution in [-0.4, -0.2) is 5.78 Å². The summed E-state index contributed by atoms with van der Waals surface area (Å²) in [6.07, 6.45) is 3.87. The third kappa shape index (κ3) is 0.914. The summed E-state index contributed by atoms with van der Waals surface area (Å²) in [6, 6.07) is 8.25. The zero-order valence-corrected chi connectivity index (χ0v) is 8.65. The minimum Gasteiger partial charge on any atom is -0.294 e. The van der Waals surface area contributed by atoms with E-state index < -0.39 is 0 Å². The Balaban J connectivity index is 1.84. The summed E-state index contributed by atoms with van der Waals surface area (Å²) in [5.74, 6) is 3.14. The van der Waals surface area contributed by atoms with E-state index >= 15 is 0 Å². The van der Waals surface area contributed by atoms with Gasteiger partial charge < -0.3 is 0 Å². The van der Waals surface area contributed by atoms with E-state index in [0.717, 1.165) is 23.8 Å². The summed E-state index contributed by atoms with van der Waals surface area (Å²) in [6.45, 7) is 0. The van der Waals surface area contributed by atoms with Crippen molar-refractivity contribution < 1.29 is 4.79 Å². The number of Topliss-reactive ketones (excluding diaryl/α,β-unsaturated/α-hetero) is 1. The molecule has 2 saturated carbocycles. The highest BCUT2D eigenvalue weighted by molar-refractivity contribution is 6.02. The Morgan fingerprint density at radius 1 is 1.07 bits per heavy atom. The Kier molecular flexibility index (Phi) is 1.36. The number of ketones is 1. The van der Waals surface area contributed by atoms with Crippen molar-refractivity contribution >= 4 is 5.78 Å². The summed E-state index contributed by atoms with van der Waals surface area (Å²) < 4.78 is 0. The topological polar surface area (TPSA) is 17.1 Å². The van der Waals surface area contributed by atoms with Crippen LogP contribution >= 0.6 is 0 Å². The number of hydrogen-bond acceptors (Lipinski definition) is 1. The lowest BCUT2D eigenvalue weighted by Crippen LogP contribution is -2.46. The molecule has 1 heteroatoms. The summed E-state index contributed by atoms with van der Waals surface area (Å²) in [4.78, 5) is 12.2. The Morgan fingerprint density at radius 2 is 1.87 bits per heavy atom. The molecule has 0 heterocycles. The van der Waals surface area contributed by atoms with Crippen molar-refractivity contribution in [3.05, 3.63) is 35.4 Å². The van der Waals surface area contributed by atoms with Crippen molar-refractivity contribution in [2.24, 2.45) is 17.8 Å². The van der Waals surface area contributed by atoms with Crippen molar-refractivity contribution in [2.45, 2.75) is 25.2 Å². The van der Waals surface area contributed by atoms with Crippen LogP contribution in [-0.2, 0) is 0 Å². The van der Waals surface area contributed by atoms with E-state index in [1.807, 2.05) is 12.1 Å². The molecule has 3 atom stereocenters. The van der Waals surface area contributed by atoms with Crippen molar-refractivity contribution in [1.29, 1.82) is 0 Å². The predicted molar refractivity (Wildman–Crippen MR) is 57.8 cm³/mol. The SMILES string of the molecule is O=C1c2ccccc2C2CC1C2C1CC1. The smallest absolute Gasteiger partial charge is 0.166 e.